The maximum absolute atomic E-state index is 5.75. The van der Waals surface area contributed by atoms with Crippen LogP contribution in [-0.2, 0) is 9.47 Å². The lowest BCUT2D eigenvalue weighted by molar-refractivity contribution is -0.915. The Kier molecular flexibility index (Phi) is 7.65. The van der Waals surface area contributed by atoms with Crippen LogP contribution in [0.4, 0.5) is 0 Å². The van der Waals surface area contributed by atoms with Gasteiger partial charge in [-0.2, -0.15) is 0 Å². The molecule has 1 saturated heterocycles. The molecule has 5 nitrogen and oxygen atoms in total. The largest absolute Gasteiger partial charge is 0.490 e. The molecule has 130 valence electrons. The summed E-state index contributed by atoms with van der Waals surface area (Å²) in [5.41, 5.74) is 0. The fourth-order valence-electron chi connectivity index (χ4n) is 2.97. The quantitative estimate of drug-likeness (QED) is 0.693. The zero-order valence-electron chi connectivity index (χ0n) is 14.5. The summed E-state index contributed by atoms with van der Waals surface area (Å²) in [6.45, 7) is 11.9. The van der Waals surface area contributed by atoms with Crippen molar-refractivity contribution in [2.75, 3.05) is 46.1 Å². The summed E-state index contributed by atoms with van der Waals surface area (Å²) in [4.78, 5) is 1.55. The minimum Gasteiger partial charge on any atom is -0.490 e. The average molecular weight is 324 g/mol. The van der Waals surface area contributed by atoms with Crippen LogP contribution < -0.4 is 14.4 Å². The number of nitrogens with one attached hydrogen (secondary N) is 1. The molecule has 1 aliphatic heterocycles. The molecule has 1 aliphatic rings. The van der Waals surface area contributed by atoms with Crippen molar-refractivity contribution in [2.45, 2.75) is 33.0 Å². The summed E-state index contributed by atoms with van der Waals surface area (Å²) in [6, 6.07) is 7.74. The molecule has 2 rings (SSSR count). The van der Waals surface area contributed by atoms with E-state index in [1.54, 1.807) is 4.90 Å². The second kappa shape index (κ2) is 9.75. The minimum atomic E-state index is 0.340. The highest BCUT2D eigenvalue weighted by molar-refractivity contribution is 5.39. The van der Waals surface area contributed by atoms with Crippen molar-refractivity contribution in [3.8, 4) is 11.5 Å². The van der Waals surface area contributed by atoms with E-state index in [0.29, 0.717) is 32.0 Å². The number of benzene rings is 1. The topological polar surface area (TPSA) is 41.4 Å². The van der Waals surface area contributed by atoms with Gasteiger partial charge in [0.25, 0.3) is 0 Å². The standard InChI is InChI=1S/C18H29NO4/c1-4-21-17-7-5-6-8-18(17)22-12-11-20-10-9-19-13-15(2)23-16(3)14-19/h5-8,15-16H,4,9-14H2,1-3H3/p+1/t15-,16-/m1/s1. The van der Waals surface area contributed by atoms with Crippen molar-refractivity contribution in [3.05, 3.63) is 24.3 Å². The van der Waals surface area contributed by atoms with Gasteiger partial charge in [0, 0.05) is 0 Å². The van der Waals surface area contributed by atoms with E-state index in [-0.39, 0.29) is 0 Å². The van der Waals surface area contributed by atoms with Crippen molar-refractivity contribution in [1.82, 2.24) is 0 Å². The Bertz CT molecular complexity index is 444. The Labute approximate surface area is 139 Å². The highest BCUT2D eigenvalue weighted by atomic mass is 16.5. The summed E-state index contributed by atoms with van der Waals surface area (Å²) in [5, 5.41) is 0. The van der Waals surface area contributed by atoms with Crippen LogP contribution in [0, 0.1) is 0 Å². The number of rotatable bonds is 9. The van der Waals surface area contributed by atoms with Gasteiger partial charge in [-0.3, -0.25) is 0 Å². The summed E-state index contributed by atoms with van der Waals surface area (Å²) in [6.07, 6.45) is 0.680. The SMILES string of the molecule is CCOc1ccccc1OCCOCC[NH+]1C[C@@H](C)O[C@H](C)C1. The van der Waals surface area contributed by atoms with E-state index in [1.165, 1.54) is 0 Å². The third kappa shape index (κ3) is 6.37. The van der Waals surface area contributed by atoms with E-state index in [9.17, 15) is 0 Å². The average Bonchev–Trinajstić information content (AvgIpc) is 2.51. The Morgan fingerprint density at radius 2 is 1.65 bits per heavy atom. The molecule has 0 unspecified atom stereocenters. The lowest BCUT2D eigenvalue weighted by atomic mass is 10.2. The Hall–Kier alpha value is -1.30. The maximum atomic E-state index is 5.75. The van der Waals surface area contributed by atoms with Crippen LogP contribution in [0.25, 0.3) is 0 Å². The Morgan fingerprint density at radius 3 is 2.30 bits per heavy atom. The zero-order chi connectivity index (χ0) is 16.5. The highest BCUT2D eigenvalue weighted by Crippen LogP contribution is 2.26. The normalized spacial score (nSPS) is 24.4. The molecule has 23 heavy (non-hydrogen) atoms. The summed E-state index contributed by atoms with van der Waals surface area (Å²) in [5.74, 6) is 1.56. The number of hydrogen-bond acceptors (Lipinski definition) is 4. The predicted molar refractivity (Wildman–Crippen MR) is 89.5 cm³/mol. The second-order valence-corrected chi connectivity index (χ2v) is 6.01. The van der Waals surface area contributed by atoms with Gasteiger partial charge in [0.15, 0.2) is 11.5 Å². The molecule has 0 radical (unpaired) electrons. The highest BCUT2D eigenvalue weighted by Gasteiger charge is 2.24. The first-order valence-electron chi connectivity index (χ1n) is 8.60. The molecular formula is C18H30NO4+. The van der Waals surface area contributed by atoms with E-state index >= 15 is 0 Å². The van der Waals surface area contributed by atoms with Gasteiger partial charge in [-0.25, -0.2) is 0 Å². The number of quaternary nitrogens is 1. The smallest absolute Gasteiger partial charge is 0.161 e. The molecule has 0 aromatic heterocycles. The third-order valence-corrected chi connectivity index (χ3v) is 3.85. The van der Waals surface area contributed by atoms with Gasteiger partial charge in [0.05, 0.1) is 19.8 Å². The molecule has 5 heteroatoms. The number of morpholine rings is 1. The van der Waals surface area contributed by atoms with Crippen molar-refractivity contribution < 1.29 is 23.8 Å². The van der Waals surface area contributed by atoms with E-state index in [1.807, 2.05) is 31.2 Å². The first kappa shape index (κ1) is 18.0. The number of para-hydroxylation sites is 2. The van der Waals surface area contributed by atoms with Crippen LogP contribution >= 0.6 is 0 Å². The molecule has 0 aliphatic carbocycles. The monoisotopic (exact) mass is 324 g/mol. The molecule has 0 saturated carbocycles. The van der Waals surface area contributed by atoms with E-state index < -0.39 is 0 Å². The Morgan fingerprint density at radius 1 is 1.00 bits per heavy atom. The molecule has 0 spiro atoms. The molecule has 0 bridgehead atoms. The maximum Gasteiger partial charge on any atom is 0.161 e. The third-order valence-electron chi connectivity index (χ3n) is 3.85. The van der Waals surface area contributed by atoms with Gasteiger partial charge in [0.2, 0.25) is 0 Å². The minimum absolute atomic E-state index is 0.340. The Balaban J connectivity index is 1.59. The van der Waals surface area contributed by atoms with Crippen LogP contribution in [0.15, 0.2) is 24.3 Å². The fraction of sp³-hybridized carbons (Fsp3) is 0.667. The van der Waals surface area contributed by atoms with Gasteiger partial charge in [0.1, 0.15) is 38.4 Å². The van der Waals surface area contributed by atoms with Crippen LogP contribution in [0.2, 0.25) is 0 Å². The lowest BCUT2D eigenvalue weighted by Crippen LogP contribution is -3.15. The predicted octanol–water partition coefficient (Wildman–Crippen LogP) is 1.17. The molecular weight excluding hydrogens is 294 g/mol. The van der Waals surface area contributed by atoms with Crippen LogP contribution in [0.5, 0.6) is 11.5 Å². The van der Waals surface area contributed by atoms with Crippen molar-refractivity contribution in [1.29, 1.82) is 0 Å². The van der Waals surface area contributed by atoms with Gasteiger partial charge in [-0.15, -0.1) is 0 Å². The fourth-order valence-corrected chi connectivity index (χ4v) is 2.97. The zero-order valence-corrected chi connectivity index (χ0v) is 14.5. The van der Waals surface area contributed by atoms with E-state index in [0.717, 1.165) is 37.7 Å². The van der Waals surface area contributed by atoms with Gasteiger partial charge < -0.3 is 23.8 Å². The molecule has 1 heterocycles. The summed E-state index contributed by atoms with van der Waals surface area (Å²) < 4.78 is 22.7. The van der Waals surface area contributed by atoms with Crippen molar-refractivity contribution in [3.63, 3.8) is 0 Å². The first-order chi connectivity index (χ1) is 11.2. The van der Waals surface area contributed by atoms with Crippen LogP contribution in [0.3, 0.4) is 0 Å². The van der Waals surface area contributed by atoms with E-state index in [2.05, 4.69) is 13.8 Å². The van der Waals surface area contributed by atoms with Gasteiger partial charge in [-0.05, 0) is 32.9 Å². The molecule has 1 aromatic rings. The molecule has 1 fully saturated rings. The summed E-state index contributed by atoms with van der Waals surface area (Å²) in [7, 11) is 0. The molecule has 1 aromatic carbocycles. The molecule has 2 atom stereocenters. The van der Waals surface area contributed by atoms with Gasteiger partial charge >= 0.3 is 0 Å². The van der Waals surface area contributed by atoms with Crippen LogP contribution in [0.1, 0.15) is 20.8 Å². The van der Waals surface area contributed by atoms with Crippen molar-refractivity contribution in [2.24, 2.45) is 0 Å². The second-order valence-electron chi connectivity index (χ2n) is 6.01. The number of ether oxygens (including phenoxy) is 4. The number of hydrogen-bond donors (Lipinski definition) is 1. The van der Waals surface area contributed by atoms with Crippen LogP contribution in [-0.4, -0.2) is 58.3 Å². The van der Waals surface area contributed by atoms with Crippen molar-refractivity contribution >= 4 is 0 Å². The lowest BCUT2D eigenvalue weighted by Gasteiger charge is -2.32. The van der Waals surface area contributed by atoms with E-state index in [4.69, 9.17) is 18.9 Å². The molecule has 0 amide bonds. The first-order valence-corrected chi connectivity index (χ1v) is 8.60. The summed E-state index contributed by atoms with van der Waals surface area (Å²) >= 11 is 0. The molecule has 1 N–H and O–H groups in total. The van der Waals surface area contributed by atoms with Gasteiger partial charge in [-0.1, -0.05) is 12.1 Å².